The molecule has 112 valence electrons. The summed E-state index contributed by atoms with van der Waals surface area (Å²) >= 11 is 0. The van der Waals surface area contributed by atoms with Crippen molar-refractivity contribution in [3.8, 4) is 0 Å². The first-order valence-corrected chi connectivity index (χ1v) is 7.95. The van der Waals surface area contributed by atoms with Crippen LogP contribution in [-0.2, 0) is 9.59 Å². The normalized spacial score (nSPS) is 39.5. The highest BCUT2D eigenvalue weighted by atomic mass is 16.4. The van der Waals surface area contributed by atoms with Gasteiger partial charge in [-0.15, -0.1) is 0 Å². The van der Waals surface area contributed by atoms with Crippen LogP contribution in [-0.4, -0.2) is 23.0 Å². The maximum Gasteiger partial charge on any atom is 0.305 e. The van der Waals surface area contributed by atoms with Crippen molar-refractivity contribution in [3.05, 3.63) is 0 Å². The van der Waals surface area contributed by atoms with Gasteiger partial charge >= 0.3 is 5.97 Å². The van der Waals surface area contributed by atoms with E-state index in [1.807, 2.05) is 0 Å². The van der Waals surface area contributed by atoms with E-state index in [2.05, 4.69) is 5.32 Å². The first kappa shape index (κ1) is 13.9. The molecule has 2 N–H and O–H groups in total. The summed E-state index contributed by atoms with van der Waals surface area (Å²) in [5.41, 5.74) is 0.238. The highest BCUT2D eigenvalue weighted by Gasteiger charge is 2.51. The summed E-state index contributed by atoms with van der Waals surface area (Å²) in [5.74, 6) is 1.76. The Kier molecular flexibility index (Phi) is 3.51. The van der Waals surface area contributed by atoms with Crippen molar-refractivity contribution in [1.82, 2.24) is 5.32 Å². The lowest BCUT2D eigenvalue weighted by Gasteiger charge is -2.56. The fourth-order valence-electron chi connectivity index (χ4n) is 5.49. The molecule has 0 radical (unpaired) electrons. The molecule has 4 bridgehead atoms. The number of carbonyl (C=O) groups is 2. The van der Waals surface area contributed by atoms with Crippen LogP contribution in [0, 0.1) is 23.2 Å². The lowest BCUT2D eigenvalue weighted by atomic mass is 9.49. The molecule has 4 fully saturated rings. The third-order valence-electron chi connectivity index (χ3n) is 5.59. The Balaban J connectivity index is 1.57. The zero-order valence-electron chi connectivity index (χ0n) is 12.2. The Labute approximate surface area is 120 Å². The van der Waals surface area contributed by atoms with Crippen molar-refractivity contribution in [1.29, 1.82) is 0 Å². The quantitative estimate of drug-likeness (QED) is 0.813. The Hall–Kier alpha value is -1.06. The zero-order valence-corrected chi connectivity index (χ0v) is 12.2. The molecule has 0 heterocycles. The van der Waals surface area contributed by atoms with Crippen molar-refractivity contribution in [2.45, 2.75) is 64.3 Å². The van der Waals surface area contributed by atoms with Gasteiger partial charge < -0.3 is 10.4 Å². The van der Waals surface area contributed by atoms with Gasteiger partial charge in [-0.3, -0.25) is 9.59 Å². The van der Waals surface area contributed by atoms with Gasteiger partial charge in [0, 0.05) is 12.5 Å². The molecule has 1 amide bonds. The molecule has 0 saturated heterocycles. The third kappa shape index (κ3) is 2.84. The molecular formula is C16H25NO3. The van der Waals surface area contributed by atoms with E-state index in [4.69, 9.17) is 5.11 Å². The number of nitrogens with one attached hydrogen (secondary N) is 1. The molecule has 20 heavy (non-hydrogen) atoms. The van der Waals surface area contributed by atoms with Gasteiger partial charge in [0.05, 0.1) is 6.42 Å². The van der Waals surface area contributed by atoms with E-state index in [1.165, 1.54) is 38.5 Å². The second-order valence-electron chi connectivity index (χ2n) is 7.66. The lowest BCUT2D eigenvalue weighted by Crippen LogP contribution is -2.48. The van der Waals surface area contributed by atoms with Gasteiger partial charge in [-0.25, -0.2) is 0 Å². The number of carboxylic acids is 1. The maximum absolute atomic E-state index is 12.2. The molecule has 4 rings (SSSR count). The minimum Gasteiger partial charge on any atom is -0.481 e. The predicted molar refractivity (Wildman–Crippen MR) is 75.1 cm³/mol. The Morgan fingerprint density at radius 1 is 1.15 bits per heavy atom. The van der Waals surface area contributed by atoms with Gasteiger partial charge in [0.15, 0.2) is 0 Å². The van der Waals surface area contributed by atoms with Gasteiger partial charge in [-0.2, -0.15) is 0 Å². The highest BCUT2D eigenvalue weighted by Crippen LogP contribution is 2.61. The van der Waals surface area contributed by atoms with Gasteiger partial charge in [-0.1, -0.05) is 0 Å². The lowest BCUT2D eigenvalue weighted by molar-refractivity contribution is -0.137. The summed E-state index contributed by atoms with van der Waals surface area (Å²) in [5, 5.41) is 11.6. The third-order valence-corrected chi connectivity index (χ3v) is 5.59. The monoisotopic (exact) mass is 279 g/mol. The first-order valence-electron chi connectivity index (χ1n) is 7.95. The number of hydrogen-bond donors (Lipinski definition) is 2. The van der Waals surface area contributed by atoms with E-state index in [1.54, 1.807) is 6.92 Å². The van der Waals surface area contributed by atoms with Gasteiger partial charge in [0.25, 0.3) is 0 Å². The predicted octanol–water partition coefficient (Wildman–Crippen LogP) is 2.57. The van der Waals surface area contributed by atoms with Crippen LogP contribution >= 0.6 is 0 Å². The Morgan fingerprint density at radius 3 is 2.10 bits per heavy atom. The number of aliphatic carboxylic acids is 1. The molecule has 1 atom stereocenters. The number of amides is 1. The van der Waals surface area contributed by atoms with Crippen molar-refractivity contribution < 1.29 is 14.7 Å². The average Bonchev–Trinajstić information content (AvgIpc) is 2.23. The molecule has 0 unspecified atom stereocenters. The topological polar surface area (TPSA) is 66.4 Å². The van der Waals surface area contributed by atoms with Gasteiger partial charge in [-0.05, 0) is 68.6 Å². The number of rotatable bonds is 5. The fourth-order valence-corrected chi connectivity index (χ4v) is 5.49. The minimum atomic E-state index is -0.854. The molecule has 0 aromatic rings. The van der Waals surface area contributed by atoms with E-state index in [9.17, 15) is 9.59 Å². The van der Waals surface area contributed by atoms with Crippen LogP contribution in [0.3, 0.4) is 0 Å². The molecule has 0 spiro atoms. The van der Waals surface area contributed by atoms with E-state index in [0.29, 0.717) is 6.42 Å². The van der Waals surface area contributed by atoms with Gasteiger partial charge in [0.1, 0.15) is 0 Å². The van der Waals surface area contributed by atoms with Crippen LogP contribution in [0.15, 0.2) is 0 Å². The van der Waals surface area contributed by atoms with Crippen LogP contribution in [0.4, 0.5) is 0 Å². The largest absolute Gasteiger partial charge is 0.481 e. The van der Waals surface area contributed by atoms with E-state index >= 15 is 0 Å². The second kappa shape index (κ2) is 5.05. The van der Waals surface area contributed by atoms with Crippen LogP contribution in [0.5, 0.6) is 0 Å². The van der Waals surface area contributed by atoms with E-state index < -0.39 is 5.97 Å². The number of carboxylic acid groups (broad SMARTS) is 1. The van der Waals surface area contributed by atoms with Crippen molar-refractivity contribution in [2.75, 3.05) is 0 Å². The van der Waals surface area contributed by atoms with Gasteiger partial charge in [0.2, 0.25) is 5.91 Å². The Morgan fingerprint density at radius 2 is 1.65 bits per heavy atom. The molecule has 4 aliphatic rings. The summed E-state index contributed by atoms with van der Waals surface area (Å²) in [4.78, 5) is 22.9. The summed E-state index contributed by atoms with van der Waals surface area (Å²) in [6.45, 7) is 1.77. The first-order chi connectivity index (χ1) is 9.44. The fraction of sp³-hybridized carbons (Fsp3) is 0.875. The van der Waals surface area contributed by atoms with Crippen LogP contribution in [0.25, 0.3) is 0 Å². The minimum absolute atomic E-state index is 0.00656. The number of carbonyl (C=O) groups excluding carboxylic acids is 1. The molecular weight excluding hydrogens is 254 g/mol. The smallest absolute Gasteiger partial charge is 0.305 e. The summed E-state index contributed by atoms with van der Waals surface area (Å²) in [7, 11) is 0. The zero-order chi connectivity index (χ0) is 14.3. The molecule has 4 nitrogen and oxygen atoms in total. The molecule has 4 saturated carbocycles. The molecule has 0 aromatic heterocycles. The van der Waals surface area contributed by atoms with E-state index in [0.717, 1.165) is 17.8 Å². The summed E-state index contributed by atoms with van der Waals surface area (Å²) in [6, 6.07) is -0.270. The summed E-state index contributed by atoms with van der Waals surface area (Å²) < 4.78 is 0. The van der Waals surface area contributed by atoms with Crippen LogP contribution in [0.1, 0.15) is 58.3 Å². The van der Waals surface area contributed by atoms with Crippen molar-refractivity contribution in [2.24, 2.45) is 23.2 Å². The maximum atomic E-state index is 12.2. The molecule has 4 aliphatic carbocycles. The second-order valence-corrected chi connectivity index (χ2v) is 7.66. The molecule has 0 aromatic carbocycles. The average molecular weight is 279 g/mol. The molecule has 0 aliphatic heterocycles. The van der Waals surface area contributed by atoms with E-state index in [-0.39, 0.29) is 23.8 Å². The number of hydrogen-bond acceptors (Lipinski definition) is 2. The Bertz CT molecular complexity index is 383. The standard InChI is InChI=1S/C16H25NO3/c1-10(2-15(19)20)17-14(18)9-16-6-11-3-12(7-16)5-13(4-11)8-16/h10-13H,2-9H2,1H3,(H,17,18)(H,19,20)/t10-,11?,12?,13?,16?/m0/s1. The summed E-state index contributed by atoms with van der Waals surface area (Å²) in [6.07, 6.45) is 8.44. The van der Waals surface area contributed by atoms with Crippen LogP contribution < -0.4 is 5.32 Å². The van der Waals surface area contributed by atoms with Crippen LogP contribution in [0.2, 0.25) is 0 Å². The van der Waals surface area contributed by atoms with Crippen molar-refractivity contribution in [3.63, 3.8) is 0 Å². The molecule has 4 heteroatoms. The highest BCUT2D eigenvalue weighted by molar-refractivity contribution is 5.78. The SMILES string of the molecule is C[C@@H](CC(=O)O)NC(=O)CC12CC3CC(CC(C3)C1)C2. The van der Waals surface area contributed by atoms with Crippen molar-refractivity contribution >= 4 is 11.9 Å².